The Balaban J connectivity index is 2.23. The van der Waals surface area contributed by atoms with Gasteiger partial charge in [-0.3, -0.25) is 4.79 Å². The van der Waals surface area contributed by atoms with Crippen molar-refractivity contribution in [3.05, 3.63) is 46.4 Å². The Bertz CT molecular complexity index is 687. The number of hydrogen-bond acceptors (Lipinski definition) is 2. The molecule has 0 atom stereocenters. The average molecular weight is 366 g/mol. The molecule has 0 saturated heterocycles. The van der Waals surface area contributed by atoms with E-state index >= 15 is 0 Å². The number of aliphatic carboxylic acids is 1. The molecule has 1 N–H and O–H groups in total. The van der Waals surface area contributed by atoms with Crippen molar-refractivity contribution < 1.29 is 9.90 Å². The number of nitrogens with zero attached hydrogens (tertiary/aromatic N) is 1. The van der Waals surface area contributed by atoms with Crippen molar-refractivity contribution >= 4 is 49.9 Å². The van der Waals surface area contributed by atoms with Gasteiger partial charge >= 0.3 is 5.97 Å². The third-order valence-electron chi connectivity index (χ3n) is 3.33. The normalized spacial score (nSPS) is 10.6. The lowest BCUT2D eigenvalue weighted by Gasteiger charge is -2.21. The van der Waals surface area contributed by atoms with Crippen molar-refractivity contribution in [3.8, 4) is 0 Å². The molecule has 0 aliphatic heterocycles. The fraction of sp³-hybridized carbons (Fsp3) is 0.250. The highest BCUT2D eigenvalue weighted by Gasteiger charge is 2.12. The van der Waals surface area contributed by atoms with E-state index in [1.165, 1.54) is 0 Å². The number of carboxylic acids is 1. The molecule has 2 aromatic rings. The van der Waals surface area contributed by atoms with Crippen LogP contribution in [-0.4, -0.2) is 34.6 Å². The van der Waals surface area contributed by atoms with Gasteiger partial charge in [-0.25, -0.2) is 0 Å². The molecule has 5 heteroatoms. The third-order valence-corrected chi connectivity index (χ3v) is 4.55. The average Bonchev–Trinajstić information content (AvgIpc) is 2.46. The van der Waals surface area contributed by atoms with Crippen LogP contribution in [0.3, 0.4) is 0 Å². The molecule has 3 nitrogen and oxygen atoms in total. The second-order valence-electron chi connectivity index (χ2n) is 4.86. The van der Waals surface area contributed by atoms with Gasteiger partial charge in [0.25, 0.3) is 0 Å². The van der Waals surface area contributed by atoms with E-state index < -0.39 is 5.97 Å². The topological polar surface area (TPSA) is 40.5 Å². The van der Waals surface area contributed by atoms with Gasteiger partial charge in [-0.2, -0.15) is 0 Å². The molecule has 0 unspecified atom stereocenters. The summed E-state index contributed by atoms with van der Waals surface area (Å²) in [5.74, 6) is -0.775. The first-order valence-corrected chi connectivity index (χ1v) is 7.85. The van der Waals surface area contributed by atoms with Crippen LogP contribution in [0.15, 0.2) is 40.9 Å². The van der Waals surface area contributed by atoms with Crippen molar-refractivity contribution in [2.24, 2.45) is 0 Å². The lowest BCUT2D eigenvalue weighted by Crippen LogP contribution is -2.27. The van der Waals surface area contributed by atoms with Crippen LogP contribution in [0.25, 0.3) is 10.8 Å². The Kier molecular flexibility index (Phi) is 5.31. The Labute approximate surface area is 137 Å². The monoisotopic (exact) mass is 365 g/mol. The van der Waals surface area contributed by atoms with Crippen molar-refractivity contribution in [1.82, 2.24) is 4.90 Å². The number of carbonyl (C=O) groups is 1. The zero-order chi connectivity index (χ0) is 15.4. The highest BCUT2D eigenvalue weighted by Crippen LogP contribution is 2.27. The highest BCUT2D eigenvalue weighted by atomic mass is 79.9. The fourth-order valence-corrected chi connectivity index (χ4v) is 3.00. The Morgan fingerprint density at radius 2 is 1.90 bits per heavy atom. The smallest absolute Gasteiger partial charge is 0.303 e. The molecule has 0 heterocycles. The number of carboxylic acid groups (broad SMARTS) is 1. The zero-order valence-corrected chi connectivity index (χ0v) is 14.1. The predicted molar refractivity (Wildman–Crippen MR) is 92.8 cm³/mol. The summed E-state index contributed by atoms with van der Waals surface area (Å²) in [5.41, 5.74) is 1.00. The molecule has 0 aromatic heterocycles. The van der Waals surface area contributed by atoms with E-state index in [9.17, 15) is 4.79 Å². The van der Waals surface area contributed by atoms with Gasteiger partial charge in [0.2, 0.25) is 0 Å². The van der Waals surface area contributed by atoms with E-state index in [1.807, 2.05) is 42.3 Å². The molecule has 2 aromatic carbocycles. The van der Waals surface area contributed by atoms with E-state index in [0.717, 1.165) is 25.8 Å². The van der Waals surface area contributed by atoms with Gasteiger partial charge in [-0.1, -0.05) is 58.5 Å². The second kappa shape index (κ2) is 7.00. The fourth-order valence-electron chi connectivity index (χ4n) is 2.23. The summed E-state index contributed by atoms with van der Waals surface area (Å²) < 4.78 is 1.04. The number of benzene rings is 2. The number of halogens is 1. The molecule has 110 valence electrons. The van der Waals surface area contributed by atoms with Crippen molar-refractivity contribution in [3.63, 3.8) is 0 Å². The van der Waals surface area contributed by atoms with E-state index in [-0.39, 0.29) is 6.42 Å². The van der Waals surface area contributed by atoms with Gasteiger partial charge in [0.15, 0.2) is 0 Å². The second-order valence-corrected chi connectivity index (χ2v) is 6.11. The first-order chi connectivity index (χ1) is 10.0. The summed E-state index contributed by atoms with van der Waals surface area (Å²) in [6.07, 6.45) is 0.745. The summed E-state index contributed by atoms with van der Waals surface area (Å²) in [6, 6.07) is 12.1. The molecule has 2 rings (SSSR count). The Morgan fingerprint density at radius 1 is 1.24 bits per heavy atom. The van der Waals surface area contributed by atoms with Crippen LogP contribution in [0.4, 0.5) is 0 Å². The van der Waals surface area contributed by atoms with Crippen LogP contribution >= 0.6 is 28.1 Å². The molecule has 0 bridgehead atoms. The van der Waals surface area contributed by atoms with E-state index in [4.69, 9.17) is 17.3 Å². The minimum Gasteiger partial charge on any atom is -0.481 e. The van der Waals surface area contributed by atoms with Crippen LogP contribution in [0, 0.1) is 0 Å². The van der Waals surface area contributed by atoms with E-state index in [2.05, 4.69) is 22.0 Å². The molecule has 0 amide bonds. The van der Waals surface area contributed by atoms with Crippen molar-refractivity contribution in [2.45, 2.75) is 12.8 Å². The first-order valence-electron chi connectivity index (χ1n) is 6.65. The molecular weight excluding hydrogens is 350 g/mol. The van der Waals surface area contributed by atoms with Crippen LogP contribution in [0.1, 0.15) is 18.4 Å². The summed E-state index contributed by atoms with van der Waals surface area (Å²) in [5, 5.41) is 10.9. The minimum atomic E-state index is -0.775. The van der Waals surface area contributed by atoms with Crippen LogP contribution in [0.5, 0.6) is 0 Å². The van der Waals surface area contributed by atoms with Gasteiger partial charge in [-0.05, 0) is 23.3 Å². The number of thiocarbonyl (C=S) groups is 1. The summed E-state index contributed by atoms with van der Waals surface area (Å²) >= 11 is 9.11. The number of rotatable bonds is 5. The summed E-state index contributed by atoms with van der Waals surface area (Å²) in [4.78, 5) is 13.3. The molecule has 21 heavy (non-hydrogen) atoms. The maximum atomic E-state index is 10.6. The molecule has 0 fully saturated rings. The number of hydrogen-bond donors (Lipinski definition) is 1. The molecule has 0 saturated carbocycles. The quantitative estimate of drug-likeness (QED) is 0.810. The molecule has 0 aliphatic rings. The maximum Gasteiger partial charge on any atom is 0.303 e. The van der Waals surface area contributed by atoms with Crippen molar-refractivity contribution in [2.75, 3.05) is 13.6 Å². The molecule has 0 radical (unpaired) electrons. The zero-order valence-electron chi connectivity index (χ0n) is 11.7. The van der Waals surface area contributed by atoms with Gasteiger partial charge in [0.05, 0.1) is 0 Å². The van der Waals surface area contributed by atoms with Crippen LogP contribution in [-0.2, 0) is 4.79 Å². The first kappa shape index (κ1) is 15.9. The summed E-state index contributed by atoms with van der Waals surface area (Å²) in [6.45, 7) is 0.634. The highest BCUT2D eigenvalue weighted by molar-refractivity contribution is 9.10. The van der Waals surface area contributed by atoms with Gasteiger partial charge in [-0.15, -0.1) is 0 Å². The Morgan fingerprint density at radius 3 is 2.62 bits per heavy atom. The lowest BCUT2D eigenvalue weighted by atomic mass is 10.0. The molecular formula is C16H16BrNO2S. The third kappa shape index (κ3) is 3.80. The van der Waals surface area contributed by atoms with Gasteiger partial charge in [0.1, 0.15) is 4.99 Å². The minimum absolute atomic E-state index is 0.161. The van der Waals surface area contributed by atoms with Crippen LogP contribution < -0.4 is 0 Å². The number of fused-ring (bicyclic) bond motifs is 1. The SMILES string of the molecule is CN(CCCC(=O)O)C(=S)c1cccc2c(Br)cccc12. The lowest BCUT2D eigenvalue weighted by molar-refractivity contribution is -0.137. The standard InChI is InChI=1S/C16H16BrNO2S/c1-18(10-4-9-15(19)20)16(21)13-7-2-6-12-11(13)5-3-8-14(12)17/h2-3,5-8H,4,9-10H2,1H3,(H,19,20). The molecule has 0 spiro atoms. The van der Waals surface area contributed by atoms with Gasteiger partial charge < -0.3 is 10.0 Å². The van der Waals surface area contributed by atoms with Crippen molar-refractivity contribution in [1.29, 1.82) is 0 Å². The summed E-state index contributed by atoms with van der Waals surface area (Å²) in [7, 11) is 1.90. The largest absolute Gasteiger partial charge is 0.481 e. The van der Waals surface area contributed by atoms with Crippen LogP contribution in [0.2, 0.25) is 0 Å². The predicted octanol–water partition coefficient (Wildman–Crippen LogP) is 4.07. The molecule has 0 aliphatic carbocycles. The van der Waals surface area contributed by atoms with E-state index in [0.29, 0.717) is 13.0 Å². The Hall–Kier alpha value is -1.46. The van der Waals surface area contributed by atoms with Gasteiger partial charge in [0, 0.05) is 30.0 Å². The van der Waals surface area contributed by atoms with E-state index in [1.54, 1.807) is 0 Å². The maximum absolute atomic E-state index is 10.6.